The van der Waals surface area contributed by atoms with Crippen LogP contribution in [0, 0.1) is 0 Å². The van der Waals surface area contributed by atoms with Crippen LogP contribution in [0.2, 0.25) is 5.28 Å². The molecule has 7 rings (SSSR count). The predicted molar refractivity (Wildman–Crippen MR) is 128 cm³/mol. The highest BCUT2D eigenvalue weighted by molar-refractivity contribution is 6.28. The Morgan fingerprint density at radius 3 is 2.42 bits per heavy atom. The van der Waals surface area contributed by atoms with Gasteiger partial charge in [0.2, 0.25) is 5.28 Å². The lowest BCUT2D eigenvalue weighted by molar-refractivity contribution is 0.668. The highest BCUT2D eigenvalue weighted by Gasteiger charge is 2.17. The zero-order chi connectivity index (χ0) is 21.9. The van der Waals surface area contributed by atoms with Crippen LogP contribution in [0.25, 0.3) is 66.8 Å². The van der Waals surface area contributed by atoms with Crippen LogP contribution in [-0.2, 0) is 0 Å². The molecule has 0 saturated heterocycles. The molecule has 156 valence electrons. The Morgan fingerprint density at radius 2 is 1.45 bits per heavy atom. The summed E-state index contributed by atoms with van der Waals surface area (Å²) in [6.07, 6.45) is 1.75. The zero-order valence-electron chi connectivity index (χ0n) is 17.0. The van der Waals surface area contributed by atoms with Crippen molar-refractivity contribution in [1.29, 1.82) is 0 Å². The molecule has 0 unspecified atom stereocenters. The Kier molecular flexibility index (Phi) is 3.80. The smallest absolute Gasteiger partial charge is 0.226 e. The number of benzene rings is 3. The number of hydrogen-bond acceptors (Lipinski definition) is 6. The standard InChI is InChI=1S/C26H13ClN4O2/c27-26-30-24(14-10-11-16-21(13-14)33-20-9-4-12-28-23(16)20)29-25(31-26)17-6-3-8-19-22(17)15-5-1-2-7-18(15)32-19/h1-13H. The number of hydrogen-bond donors (Lipinski definition) is 0. The molecule has 0 atom stereocenters. The van der Waals surface area contributed by atoms with Gasteiger partial charge >= 0.3 is 0 Å². The molecule has 0 amide bonds. The van der Waals surface area contributed by atoms with Gasteiger partial charge in [-0.2, -0.15) is 9.97 Å². The number of fused-ring (bicyclic) bond motifs is 6. The van der Waals surface area contributed by atoms with Crippen molar-refractivity contribution in [2.45, 2.75) is 0 Å². The summed E-state index contributed by atoms with van der Waals surface area (Å²) < 4.78 is 12.0. The molecule has 0 N–H and O–H groups in total. The monoisotopic (exact) mass is 448 g/mol. The van der Waals surface area contributed by atoms with Crippen molar-refractivity contribution in [2.75, 3.05) is 0 Å². The van der Waals surface area contributed by atoms with Crippen molar-refractivity contribution >= 4 is 55.6 Å². The van der Waals surface area contributed by atoms with Crippen LogP contribution in [0.4, 0.5) is 0 Å². The maximum atomic E-state index is 6.36. The third kappa shape index (κ3) is 2.81. The molecule has 33 heavy (non-hydrogen) atoms. The van der Waals surface area contributed by atoms with Gasteiger partial charge in [-0.3, -0.25) is 4.98 Å². The SMILES string of the molecule is Clc1nc(-c2ccc3c(c2)oc2cccnc23)nc(-c2cccc3oc4ccccc4c23)n1. The molecular weight excluding hydrogens is 436 g/mol. The van der Waals surface area contributed by atoms with Gasteiger partial charge in [0.1, 0.15) is 22.3 Å². The van der Waals surface area contributed by atoms with Gasteiger partial charge in [-0.15, -0.1) is 0 Å². The van der Waals surface area contributed by atoms with Gasteiger partial charge in [-0.25, -0.2) is 4.98 Å². The summed E-state index contributed by atoms with van der Waals surface area (Å²) in [6.45, 7) is 0. The van der Waals surface area contributed by atoms with Gasteiger partial charge in [0.15, 0.2) is 17.2 Å². The Hall–Kier alpha value is -4.29. The van der Waals surface area contributed by atoms with E-state index in [1.165, 1.54) is 0 Å². The maximum Gasteiger partial charge on any atom is 0.226 e. The lowest BCUT2D eigenvalue weighted by atomic mass is 10.1. The minimum Gasteiger partial charge on any atom is -0.456 e. The molecule has 0 saturated carbocycles. The molecule has 0 aliphatic carbocycles. The van der Waals surface area contributed by atoms with Gasteiger partial charge in [0, 0.05) is 33.5 Å². The molecule has 6 nitrogen and oxygen atoms in total. The second kappa shape index (κ2) is 6.85. The van der Waals surface area contributed by atoms with Crippen LogP contribution in [0.15, 0.2) is 87.8 Å². The van der Waals surface area contributed by atoms with Crippen molar-refractivity contribution in [3.05, 3.63) is 84.3 Å². The minimum absolute atomic E-state index is 0.117. The summed E-state index contributed by atoms with van der Waals surface area (Å²) in [5.41, 5.74) is 5.45. The third-order valence-corrected chi connectivity index (χ3v) is 5.91. The van der Waals surface area contributed by atoms with Crippen molar-refractivity contribution < 1.29 is 8.83 Å². The summed E-state index contributed by atoms with van der Waals surface area (Å²) in [4.78, 5) is 18.0. The first kappa shape index (κ1) is 18.3. The maximum absolute atomic E-state index is 6.36. The normalized spacial score (nSPS) is 11.8. The largest absolute Gasteiger partial charge is 0.456 e. The fourth-order valence-electron chi connectivity index (χ4n) is 4.30. The first-order valence-corrected chi connectivity index (χ1v) is 10.7. The van der Waals surface area contributed by atoms with Crippen LogP contribution < -0.4 is 0 Å². The Bertz CT molecular complexity index is 1850. The molecule has 7 aromatic rings. The van der Waals surface area contributed by atoms with E-state index in [0.717, 1.165) is 49.6 Å². The summed E-state index contributed by atoms with van der Waals surface area (Å²) in [5, 5.41) is 2.99. The molecule has 7 heteroatoms. The molecule has 0 radical (unpaired) electrons. The van der Waals surface area contributed by atoms with Crippen molar-refractivity contribution in [1.82, 2.24) is 19.9 Å². The van der Waals surface area contributed by atoms with Crippen LogP contribution in [0.1, 0.15) is 0 Å². The van der Waals surface area contributed by atoms with Crippen LogP contribution >= 0.6 is 11.6 Å². The summed E-state index contributed by atoms with van der Waals surface area (Å²) in [6, 6.07) is 23.3. The molecule has 0 fully saturated rings. The number of halogens is 1. The second-order valence-corrected chi connectivity index (χ2v) is 8.03. The number of aromatic nitrogens is 4. The average molecular weight is 449 g/mol. The van der Waals surface area contributed by atoms with Crippen LogP contribution in [-0.4, -0.2) is 19.9 Å². The first-order valence-electron chi connectivity index (χ1n) is 10.3. The Morgan fingerprint density at radius 1 is 0.636 bits per heavy atom. The second-order valence-electron chi connectivity index (χ2n) is 7.69. The van der Waals surface area contributed by atoms with Crippen molar-refractivity contribution in [3.8, 4) is 22.8 Å². The summed E-state index contributed by atoms with van der Waals surface area (Å²) in [5.74, 6) is 0.943. The third-order valence-electron chi connectivity index (χ3n) is 5.74. The van der Waals surface area contributed by atoms with Gasteiger partial charge in [0.25, 0.3) is 0 Å². The van der Waals surface area contributed by atoms with E-state index in [9.17, 15) is 0 Å². The molecule has 3 aromatic carbocycles. The van der Waals surface area contributed by atoms with E-state index in [2.05, 4.69) is 15.0 Å². The number of pyridine rings is 1. The molecular formula is C26H13ClN4O2. The fraction of sp³-hybridized carbons (Fsp3) is 0. The van der Waals surface area contributed by atoms with E-state index in [1.807, 2.05) is 72.8 Å². The molecule has 0 aliphatic rings. The predicted octanol–water partition coefficient (Wildman–Crippen LogP) is 7.05. The Balaban J connectivity index is 1.44. The topological polar surface area (TPSA) is 77.8 Å². The fourth-order valence-corrected chi connectivity index (χ4v) is 4.46. The quantitative estimate of drug-likeness (QED) is 0.282. The Labute approximate surface area is 191 Å². The lowest BCUT2D eigenvalue weighted by Crippen LogP contribution is -1.97. The lowest BCUT2D eigenvalue weighted by Gasteiger charge is -2.06. The van der Waals surface area contributed by atoms with Gasteiger partial charge in [0.05, 0.1) is 0 Å². The molecule has 4 aromatic heterocycles. The molecule has 0 bridgehead atoms. The van der Waals surface area contributed by atoms with Crippen molar-refractivity contribution in [2.24, 2.45) is 0 Å². The average Bonchev–Trinajstić information content (AvgIpc) is 3.41. The summed E-state index contributed by atoms with van der Waals surface area (Å²) >= 11 is 6.36. The molecule has 4 heterocycles. The number of nitrogens with zero attached hydrogens (tertiary/aromatic N) is 4. The van der Waals surface area contributed by atoms with E-state index >= 15 is 0 Å². The number of rotatable bonds is 2. The van der Waals surface area contributed by atoms with E-state index in [4.69, 9.17) is 25.4 Å². The van der Waals surface area contributed by atoms with E-state index in [0.29, 0.717) is 17.2 Å². The van der Waals surface area contributed by atoms with Gasteiger partial charge < -0.3 is 8.83 Å². The van der Waals surface area contributed by atoms with Crippen LogP contribution in [0.3, 0.4) is 0 Å². The van der Waals surface area contributed by atoms with Crippen molar-refractivity contribution in [3.63, 3.8) is 0 Å². The van der Waals surface area contributed by atoms with E-state index < -0.39 is 0 Å². The summed E-state index contributed by atoms with van der Waals surface area (Å²) in [7, 11) is 0. The zero-order valence-corrected chi connectivity index (χ0v) is 17.7. The van der Waals surface area contributed by atoms with Crippen LogP contribution in [0.5, 0.6) is 0 Å². The van der Waals surface area contributed by atoms with E-state index in [1.54, 1.807) is 6.20 Å². The highest BCUT2D eigenvalue weighted by Crippen LogP contribution is 2.36. The highest BCUT2D eigenvalue weighted by atomic mass is 35.5. The first-order chi connectivity index (χ1) is 16.2. The van der Waals surface area contributed by atoms with E-state index in [-0.39, 0.29) is 5.28 Å². The minimum atomic E-state index is 0.117. The van der Waals surface area contributed by atoms with Gasteiger partial charge in [-0.1, -0.05) is 36.4 Å². The van der Waals surface area contributed by atoms with Gasteiger partial charge in [-0.05, 0) is 48.0 Å². The number of furan rings is 2. The molecule has 0 aliphatic heterocycles. The molecule has 0 spiro atoms. The number of para-hydroxylation sites is 1.